The second-order valence-electron chi connectivity index (χ2n) is 5.12. The van der Waals surface area contributed by atoms with Gasteiger partial charge in [0.15, 0.2) is 0 Å². The van der Waals surface area contributed by atoms with Crippen molar-refractivity contribution in [3.63, 3.8) is 0 Å². The van der Waals surface area contributed by atoms with Gasteiger partial charge in [0.25, 0.3) is 0 Å². The monoisotopic (exact) mass is 413 g/mol. The first kappa shape index (κ1) is 16.6. The van der Waals surface area contributed by atoms with Crippen molar-refractivity contribution in [2.45, 2.75) is 22.9 Å². The fraction of sp³-hybridized carbons (Fsp3) is 0.250. The Morgan fingerprint density at radius 2 is 1.86 bits per heavy atom. The number of nitrogens with two attached hydrogens (primary N) is 1. The van der Waals surface area contributed by atoms with Crippen LogP contribution >= 0.6 is 34.4 Å². The molecule has 0 saturated carbocycles. The van der Waals surface area contributed by atoms with Gasteiger partial charge in [-0.05, 0) is 78.1 Å². The van der Waals surface area contributed by atoms with Gasteiger partial charge in [-0.2, -0.15) is 0 Å². The summed E-state index contributed by atoms with van der Waals surface area (Å²) in [5.41, 5.74) is 8.93. The molecule has 0 aliphatic heterocycles. The van der Waals surface area contributed by atoms with Crippen molar-refractivity contribution in [3.8, 4) is 0 Å². The number of rotatable bonds is 5. The van der Waals surface area contributed by atoms with Crippen LogP contribution in [0.25, 0.3) is 0 Å². The summed E-state index contributed by atoms with van der Waals surface area (Å²) in [5, 5.41) is 9.15. The van der Waals surface area contributed by atoms with Gasteiger partial charge >= 0.3 is 0 Å². The molecule has 0 atom stereocenters. The van der Waals surface area contributed by atoms with Gasteiger partial charge in [-0.25, -0.2) is 0 Å². The molecule has 3 N–H and O–H groups in total. The first-order valence-electron chi connectivity index (χ1n) is 6.60. The zero-order chi connectivity index (χ0) is 15.4. The van der Waals surface area contributed by atoms with Gasteiger partial charge in [0, 0.05) is 25.6 Å². The average molecular weight is 413 g/mol. The van der Waals surface area contributed by atoms with Crippen LogP contribution in [0.3, 0.4) is 0 Å². The van der Waals surface area contributed by atoms with E-state index in [0.717, 1.165) is 17.0 Å². The number of halogens is 1. The van der Waals surface area contributed by atoms with Gasteiger partial charge in [0.05, 0.1) is 6.61 Å². The number of nitrogen functional groups attached to an aromatic ring is 1. The van der Waals surface area contributed by atoms with Gasteiger partial charge < -0.3 is 15.7 Å². The van der Waals surface area contributed by atoms with Crippen molar-refractivity contribution in [1.29, 1.82) is 0 Å². The third kappa shape index (κ3) is 4.60. The Morgan fingerprint density at radius 3 is 2.48 bits per heavy atom. The van der Waals surface area contributed by atoms with Crippen LogP contribution in [0.5, 0.6) is 0 Å². The van der Waals surface area contributed by atoms with E-state index in [1.165, 1.54) is 14.0 Å². The van der Waals surface area contributed by atoms with Crippen LogP contribution in [0.15, 0.2) is 46.2 Å². The molecule has 0 fully saturated rings. The molecule has 2 rings (SSSR count). The highest BCUT2D eigenvalue weighted by atomic mass is 127. The molecule has 0 saturated heterocycles. The van der Waals surface area contributed by atoms with Crippen LogP contribution < -0.4 is 5.73 Å². The van der Waals surface area contributed by atoms with Gasteiger partial charge in [0.1, 0.15) is 0 Å². The number of anilines is 1. The largest absolute Gasteiger partial charge is 0.398 e. The molecular formula is C16H19IN2OS. The minimum atomic E-state index is 0.0184. The van der Waals surface area contributed by atoms with Crippen molar-refractivity contribution in [1.82, 2.24) is 4.90 Å². The Bertz CT molecular complexity index is 632. The summed E-state index contributed by atoms with van der Waals surface area (Å²) in [6.07, 6.45) is 0. The highest BCUT2D eigenvalue weighted by Gasteiger charge is 2.09. The Morgan fingerprint density at radius 1 is 1.14 bits per heavy atom. The standard InChI is InChI=1S/C16H19IN2OS/c1-19(2)9-12-8-13(17)4-6-15(12)21-16-5-3-11(10-20)7-14(16)18/h3-8,20H,9-10,18H2,1-2H3/i1-1. The first-order valence-corrected chi connectivity index (χ1v) is 8.49. The smallest absolute Gasteiger partial charge is 0.0682 e. The molecule has 3 nitrogen and oxygen atoms in total. The Labute approximate surface area is 143 Å². The quantitative estimate of drug-likeness (QED) is 0.581. The molecule has 2 aromatic rings. The SMILES string of the molecule is CN([11CH3])Cc1cc(I)ccc1Sc1ccc(CO)cc1N. The number of aliphatic hydroxyl groups is 1. The molecule has 5 heteroatoms. The fourth-order valence-corrected chi connectivity index (χ4v) is 3.52. The van der Waals surface area contributed by atoms with Crippen LogP contribution in [0.4, 0.5) is 5.69 Å². The molecule has 0 bridgehead atoms. The lowest BCUT2D eigenvalue weighted by atomic mass is 10.2. The summed E-state index contributed by atoms with van der Waals surface area (Å²) < 4.78 is 1.23. The average Bonchev–Trinajstić information content (AvgIpc) is 2.43. The van der Waals surface area contributed by atoms with Crippen LogP contribution in [-0.4, -0.2) is 24.1 Å². The molecule has 0 radical (unpaired) electrons. The van der Waals surface area contributed by atoms with E-state index in [1.54, 1.807) is 11.8 Å². The molecule has 0 aliphatic rings. The van der Waals surface area contributed by atoms with E-state index in [0.29, 0.717) is 5.69 Å². The highest BCUT2D eigenvalue weighted by Crippen LogP contribution is 2.35. The Kier molecular flexibility index (Phi) is 5.92. The van der Waals surface area contributed by atoms with Crippen LogP contribution in [0.2, 0.25) is 0 Å². The van der Waals surface area contributed by atoms with Crippen LogP contribution in [0, 0.1) is 3.57 Å². The van der Waals surface area contributed by atoms with Crippen molar-refractivity contribution < 1.29 is 5.11 Å². The second-order valence-corrected chi connectivity index (χ2v) is 7.45. The molecule has 0 heterocycles. The fourth-order valence-electron chi connectivity index (χ4n) is 2.02. The van der Waals surface area contributed by atoms with Crippen molar-refractivity contribution >= 4 is 40.0 Å². The number of benzene rings is 2. The van der Waals surface area contributed by atoms with Crippen molar-refractivity contribution in [2.75, 3.05) is 19.8 Å². The lowest BCUT2D eigenvalue weighted by molar-refractivity contribution is 0.282. The first-order chi connectivity index (χ1) is 9.99. The van der Waals surface area contributed by atoms with E-state index in [9.17, 15) is 0 Å². The molecule has 0 aliphatic carbocycles. The maximum atomic E-state index is 9.15. The summed E-state index contributed by atoms with van der Waals surface area (Å²) in [7, 11) is 4.14. The van der Waals surface area contributed by atoms with E-state index in [2.05, 4.69) is 59.8 Å². The maximum absolute atomic E-state index is 9.15. The van der Waals surface area contributed by atoms with Crippen molar-refractivity contribution in [2.24, 2.45) is 0 Å². The zero-order valence-electron chi connectivity index (χ0n) is 12.1. The Balaban J connectivity index is 2.30. The summed E-state index contributed by atoms with van der Waals surface area (Å²) >= 11 is 4.01. The molecule has 2 aromatic carbocycles. The number of nitrogens with zero attached hydrogens (tertiary/aromatic N) is 1. The van der Waals surface area contributed by atoms with Gasteiger partial charge in [-0.1, -0.05) is 17.8 Å². The molecule has 0 spiro atoms. The molecule has 112 valence electrons. The van der Waals surface area contributed by atoms with E-state index in [4.69, 9.17) is 10.8 Å². The highest BCUT2D eigenvalue weighted by molar-refractivity contribution is 14.1. The lowest BCUT2D eigenvalue weighted by Gasteiger charge is -2.15. The number of aliphatic hydroxyl groups excluding tert-OH is 1. The van der Waals surface area contributed by atoms with E-state index < -0.39 is 0 Å². The van der Waals surface area contributed by atoms with Crippen LogP contribution in [-0.2, 0) is 13.2 Å². The van der Waals surface area contributed by atoms with Crippen LogP contribution in [0.1, 0.15) is 11.1 Å². The minimum absolute atomic E-state index is 0.0184. The number of hydrogen-bond donors (Lipinski definition) is 2. The third-order valence-electron chi connectivity index (χ3n) is 2.99. The third-order valence-corrected chi connectivity index (χ3v) is 4.87. The van der Waals surface area contributed by atoms with E-state index in [-0.39, 0.29) is 6.61 Å². The summed E-state index contributed by atoms with van der Waals surface area (Å²) in [4.78, 5) is 4.40. The molecule has 0 aromatic heterocycles. The van der Waals surface area contributed by atoms with Gasteiger partial charge in [-0.3, -0.25) is 0 Å². The Hall–Kier alpha value is -0.760. The molecule has 0 amide bonds. The van der Waals surface area contributed by atoms with Gasteiger partial charge in [-0.15, -0.1) is 0 Å². The van der Waals surface area contributed by atoms with Crippen molar-refractivity contribution in [3.05, 3.63) is 51.1 Å². The van der Waals surface area contributed by atoms with Gasteiger partial charge in [0.2, 0.25) is 0 Å². The lowest BCUT2D eigenvalue weighted by Crippen LogP contribution is -2.11. The predicted molar refractivity (Wildman–Crippen MR) is 97.5 cm³/mol. The minimum Gasteiger partial charge on any atom is -0.398 e. The second kappa shape index (κ2) is 7.49. The topological polar surface area (TPSA) is 49.5 Å². The van der Waals surface area contributed by atoms with E-state index >= 15 is 0 Å². The molecule has 0 unspecified atom stereocenters. The summed E-state index contributed by atoms with van der Waals surface area (Å²) in [6.45, 7) is 0.915. The van der Waals surface area contributed by atoms with E-state index in [1.807, 2.05) is 18.2 Å². The zero-order valence-corrected chi connectivity index (χ0v) is 15.1. The summed E-state index contributed by atoms with van der Waals surface area (Å²) in [5.74, 6) is 0. The molecule has 21 heavy (non-hydrogen) atoms. The molecular weight excluding hydrogens is 394 g/mol. The normalized spacial score (nSPS) is 11.1. The predicted octanol–water partition coefficient (Wildman–Crippen LogP) is 3.58. The maximum Gasteiger partial charge on any atom is 0.0682 e. The summed E-state index contributed by atoms with van der Waals surface area (Å²) in [6, 6.07) is 12.2. The number of hydrogen-bond acceptors (Lipinski definition) is 4.